The van der Waals surface area contributed by atoms with Crippen LogP contribution in [0.3, 0.4) is 0 Å². The molecule has 0 bridgehead atoms. The van der Waals surface area contributed by atoms with Crippen LogP contribution in [-0.4, -0.2) is 31.8 Å². The van der Waals surface area contributed by atoms with Gasteiger partial charge >= 0.3 is 0 Å². The summed E-state index contributed by atoms with van der Waals surface area (Å²) in [5, 5.41) is 4.05. The minimum atomic E-state index is -0.246. The summed E-state index contributed by atoms with van der Waals surface area (Å²) in [5.41, 5.74) is 5.23. The van der Waals surface area contributed by atoms with Crippen molar-refractivity contribution in [3.8, 4) is 5.75 Å². The van der Waals surface area contributed by atoms with Crippen LogP contribution in [0.1, 0.15) is 50.0 Å². The Labute approximate surface area is 168 Å². The van der Waals surface area contributed by atoms with Crippen LogP contribution in [-0.2, 0) is 0 Å². The molecule has 1 N–H and O–H groups in total. The second kappa shape index (κ2) is 11.1. The molecule has 5 heteroatoms. The number of nitrogens with one attached hydrogen (secondary N) is 1. The lowest BCUT2D eigenvalue weighted by Crippen LogP contribution is -2.21. The molecule has 0 fully saturated rings. The summed E-state index contributed by atoms with van der Waals surface area (Å²) < 4.78 is 5.67. The van der Waals surface area contributed by atoms with Gasteiger partial charge in [-0.2, -0.15) is 5.10 Å². The van der Waals surface area contributed by atoms with E-state index in [-0.39, 0.29) is 5.91 Å². The van der Waals surface area contributed by atoms with Gasteiger partial charge in [0.25, 0.3) is 5.91 Å². The first-order valence-corrected chi connectivity index (χ1v) is 9.94. The van der Waals surface area contributed by atoms with Crippen molar-refractivity contribution in [2.24, 2.45) is 11.0 Å². The first-order valence-electron chi connectivity index (χ1n) is 9.94. The maximum atomic E-state index is 12.2. The number of rotatable bonds is 10. The van der Waals surface area contributed by atoms with Crippen molar-refractivity contribution in [1.82, 2.24) is 5.43 Å². The van der Waals surface area contributed by atoms with E-state index < -0.39 is 0 Å². The molecule has 0 aliphatic rings. The quantitative estimate of drug-likeness (QED) is 0.478. The summed E-state index contributed by atoms with van der Waals surface area (Å²) in [6, 6.07) is 15.2. The highest BCUT2D eigenvalue weighted by atomic mass is 16.5. The summed E-state index contributed by atoms with van der Waals surface area (Å²) in [5.74, 6) is 1.13. The van der Waals surface area contributed by atoms with Gasteiger partial charge in [0.1, 0.15) is 5.75 Å². The van der Waals surface area contributed by atoms with Crippen LogP contribution >= 0.6 is 0 Å². The smallest absolute Gasteiger partial charge is 0.271 e. The van der Waals surface area contributed by atoms with Crippen LogP contribution in [0.4, 0.5) is 5.69 Å². The van der Waals surface area contributed by atoms with E-state index in [1.807, 2.05) is 24.3 Å². The average Bonchev–Trinajstić information content (AvgIpc) is 2.70. The van der Waals surface area contributed by atoms with Crippen LogP contribution in [0.25, 0.3) is 0 Å². The summed E-state index contributed by atoms with van der Waals surface area (Å²) in [7, 11) is 0. The van der Waals surface area contributed by atoms with Crippen molar-refractivity contribution < 1.29 is 9.53 Å². The van der Waals surface area contributed by atoms with Gasteiger partial charge < -0.3 is 9.64 Å². The Bertz CT molecular complexity index is 748. The van der Waals surface area contributed by atoms with Gasteiger partial charge in [-0.05, 0) is 68.1 Å². The molecule has 150 valence electrons. The molecule has 5 nitrogen and oxygen atoms in total. The molecule has 0 saturated heterocycles. The van der Waals surface area contributed by atoms with Gasteiger partial charge in [0, 0.05) is 24.3 Å². The summed E-state index contributed by atoms with van der Waals surface area (Å²) in [4.78, 5) is 14.5. The van der Waals surface area contributed by atoms with E-state index in [1.54, 1.807) is 18.3 Å². The van der Waals surface area contributed by atoms with Gasteiger partial charge in [-0.15, -0.1) is 0 Å². The summed E-state index contributed by atoms with van der Waals surface area (Å²) >= 11 is 0. The van der Waals surface area contributed by atoms with Crippen LogP contribution in [0.15, 0.2) is 53.6 Å². The van der Waals surface area contributed by atoms with Crippen molar-refractivity contribution in [3.63, 3.8) is 0 Å². The van der Waals surface area contributed by atoms with Gasteiger partial charge in [0.15, 0.2) is 0 Å². The monoisotopic (exact) mass is 381 g/mol. The van der Waals surface area contributed by atoms with E-state index in [0.717, 1.165) is 30.8 Å². The van der Waals surface area contributed by atoms with Crippen molar-refractivity contribution in [1.29, 1.82) is 0 Å². The van der Waals surface area contributed by atoms with Crippen molar-refractivity contribution >= 4 is 17.8 Å². The largest absolute Gasteiger partial charge is 0.494 e. The third-order valence-corrected chi connectivity index (χ3v) is 4.48. The molecule has 2 aromatic rings. The topological polar surface area (TPSA) is 53.9 Å². The van der Waals surface area contributed by atoms with E-state index in [4.69, 9.17) is 4.74 Å². The summed E-state index contributed by atoms with van der Waals surface area (Å²) in [6.07, 6.45) is 2.65. The Morgan fingerprint density at radius 2 is 1.71 bits per heavy atom. The number of carbonyl (C=O) groups is 1. The third kappa shape index (κ3) is 6.72. The molecule has 0 unspecified atom stereocenters. The number of anilines is 1. The molecule has 0 aliphatic heterocycles. The Morgan fingerprint density at radius 3 is 2.29 bits per heavy atom. The number of amides is 1. The molecule has 0 atom stereocenters. The van der Waals surface area contributed by atoms with Gasteiger partial charge in [-0.25, -0.2) is 5.43 Å². The van der Waals surface area contributed by atoms with E-state index in [1.165, 1.54) is 5.69 Å². The highest BCUT2D eigenvalue weighted by Gasteiger charge is 2.05. The van der Waals surface area contributed by atoms with Gasteiger partial charge in [0.05, 0.1) is 12.8 Å². The Balaban J connectivity index is 1.85. The fourth-order valence-corrected chi connectivity index (χ4v) is 2.70. The predicted octanol–water partition coefficient (Wildman–Crippen LogP) is 4.72. The van der Waals surface area contributed by atoms with Crippen molar-refractivity contribution in [2.75, 3.05) is 24.6 Å². The molecular weight excluding hydrogens is 350 g/mol. The van der Waals surface area contributed by atoms with E-state index >= 15 is 0 Å². The van der Waals surface area contributed by atoms with E-state index in [2.05, 4.69) is 55.3 Å². The lowest BCUT2D eigenvalue weighted by atomic mass is 10.1. The Kier molecular flexibility index (Phi) is 8.53. The zero-order valence-corrected chi connectivity index (χ0v) is 17.3. The predicted molar refractivity (Wildman–Crippen MR) is 116 cm³/mol. The number of carbonyl (C=O) groups excluding carboxylic acids is 1. The second-order valence-corrected chi connectivity index (χ2v) is 7.02. The molecule has 0 heterocycles. The third-order valence-electron chi connectivity index (χ3n) is 4.48. The normalized spacial score (nSPS) is 11.0. The number of nitrogens with zero attached hydrogens (tertiary/aromatic N) is 2. The Hall–Kier alpha value is -2.82. The molecule has 0 saturated carbocycles. The molecule has 0 aliphatic carbocycles. The van der Waals surface area contributed by atoms with Crippen LogP contribution in [0, 0.1) is 5.92 Å². The molecule has 2 rings (SSSR count). The fraction of sp³-hybridized carbons (Fsp3) is 0.391. The second-order valence-electron chi connectivity index (χ2n) is 7.02. The number of ether oxygens (including phenoxy) is 1. The maximum absolute atomic E-state index is 12.2. The highest BCUT2D eigenvalue weighted by molar-refractivity contribution is 5.95. The summed E-state index contributed by atoms with van der Waals surface area (Å²) in [6.45, 7) is 11.2. The minimum Gasteiger partial charge on any atom is -0.494 e. The molecule has 0 aromatic heterocycles. The fourth-order valence-electron chi connectivity index (χ4n) is 2.70. The number of benzene rings is 2. The van der Waals surface area contributed by atoms with Gasteiger partial charge in [-0.1, -0.05) is 26.0 Å². The lowest BCUT2D eigenvalue weighted by molar-refractivity contribution is 0.0955. The molecule has 1 amide bonds. The molecular formula is C23H31N3O2. The van der Waals surface area contributed by atoms with Gasteiger partial charge in [0.2, 0.25) is 0 Å². The molecule has 28 heavy (non-hydrogen) atoms. The molecule has 2 aromatic carbocycles. The number of hydrogen-bond acceptors (Lipinski definition) is 4. The zero-order valence-electron chi connectivity index (χ0n) is 17.3. The van der Waals surface area contributed by atoms with Crippen LogP contribution in [0.2, 0.25) is 0 Å². The number of hydrogen-bond donors (Lipinski definition) is 1. The molecule has 0 spiro atoms. The van der Waals surface area contributed by atoms with E-state index in [0.29, 0.717) is 18.1 Å². The average molecular weight is 382 g/mol. The van der Waals surface area contributed by atoms with Crippen LogP contribution in [0.5, 0.6) is 5.75 Å². The lowest BCUT2D eigenvalue weighted by Gasteiger charge is -2.20. The zero-order chi connectivity index (χ0) is 20.4. The standard InChI is InChI=1S/C23H31N3O2/c1-5-26(6-2)21-11-7-19(8-12-21)17-24-25-23(27)20-9-13-22(14-10-20)28-16-15-18(3)4/h7-14,17-18H,5-6,15-16H2,1-4H3,(H,25,27). The minimum absolute atomic E-state index is 0.246. The Morgan fingerprint density at radius 1 is 1.07 bits per heavy atom. The maximum Gasteiger partial charge on any atom is 0.271 e. The first-order chi connectivity index (χ1) is 13.5. The molecule has 0 radical (unpaired) electrons. The first kappa shape index (κ1) is 21.5. The van der Waals surface area contributed by atoms with E-state index in [9.17, 15) is 4.79 Å². The highest BCUT2D eigenvalue weighted by Crippen LogP contribution is 2.15. The van der Waals surface area contributed by atoms with Crippen molar-refractivity contribution in [3.05, 3.63) is 59.7 Å². The van der Waals surface area contributed by atoms with Gasteiger partial charge in [-0.3, -0.25) is 4.79 Å². The van der Waals surface area contributed by atoms with Crippen LogP contribution < -0.4 is 15.1 Å². The number of hydrazone groups is 1. The SMILES string of the molecule is CCN(CC)c1ccc(C=NNC(=O)c2ccc(OCCC(C)C)cc2)cc1. The van der Waals surface area contributed by atoms with Crippen molar-refractivity contribution in [2.45, 2.75) is 34.1 Å².